The topological polar surface area (TPSA) is 90.9 Å². The van der Waals surface area contributed by atoms with Gasteiger partial charge in [-0.1, -0.05) is 30.3 Å². The van der Waals surface area contributed by atoms with Gasteiger partial charge in [0.1, 0.15) is 18.2 Å². The van der Waals surface area contributed by atoms with E-state index in [0.29, 0.717) is 0 Å². The number of alkyl carbamates (subject to hydrolysis) is 1. The van der Waals surface area contributed by atoms with E-state index < -0.39 is 29.7 Å². The molecule has 1 atom stereocenters. The Morgan fingerprint density at radius 2 is 1.73 bits per heavy atom. The van der Waals surface area contributed by atoms with Crippen LogP contribution in [0.25, 0.3) is 0 Å². The maximum absolute atomic E-state index is 12.0. The molecule has 0 fully saturated rings. The molecule has 0 aliphatic rings. The van der Waals surface area contributed by atoms with Crippen LogP contribution in [0.1, 0.15) is 46.1 Å². The molecule has 1 aromatic carbocycles. The largest absolute Gasteiger partial charge is 0.464 e. The van der Waals surface area contributed by atoms with Crippen molar-refractivity contribution in [2.45, 2.75) is 58.8 Å². The van der Waals surface area contributed by atoms with E-state index in [1.165, 1.54) is 0 Å². The fourth-order valence-corrected chi connectivity index (χ4v) is 2.01. The number of ether oxygens (including phenoxy) is 3. The smallest absolute Gasteiger partial charge is 0.408 e. The summed E-state index contributed by atoms with van der Waals surface area (Å²) in [5.41, 5.74) is 0.174. The van der Waals surface area contributed by atoms with Gasteiger partial charge in [-0.05, 0) is 39.7 Å². The molecular weight excluding hydrogens is 338 g/mol. The number of benzene rings is 1. The Hall–Kier alpha value is -2.57. The van der Waals surface area contributed by atoms with Crippen LogP contribution >= 0.6 is 0 Å². The van der Waals surface area contributed by atoms with Gasteiger partial charge in [-0.2, -0.15) is 0 Å². The molecule has 0 heterocycles. The summed E-state index contributed by atoms with van der Waals surface area (Å²) in [5.74, 6) is -1.08. The van der Waals surface area contributed by atoms with Crippen molar-refractivity contribution >= 4 is 18.0 Å². The van der Waals surface area contributed by atoms with Gasteiger partial charge in [0.25, 0.3) is 0 Å². The summed E-state index contributed by atoms with van der Waals surface area (Å²) in [6, 6.07) is 8.29. The average Bonchev–Trinajstić information content (AvgIpc) is 2.56. The first-order chi connectivity index (χ1) is 12.2. The molecule has 7 heteroatoms. The van der Waals surface area contributed by atoms with Crippen molar-refractivity contribution in [1.29, 1.82) is 0 Å². The first-order valence-electron chi connectivity index (χ1n) is 8.57. The molecule has 0 spiro atoms. The lowest BCUT2D eigenvalue weighted by molar-refractivity contribution is -0.147. The van der Waals surface area contributed by atoms with Crippen LogP contribution < -0.4 is 5.32 Å². The van der Waals surface area contributed by atoms with Crippen LogP contribution in [-0.4, -0.2) is 36.3 Å². The van der Waals surface area contributed by atoms with E-state index in [1.54, 1.807) is 27.7 Å². The van der Waals surface area contributed by atoms with Crippen molar-refractivity contribution in [3.8, 4) is 0 Å². The van der Waals surface area contributed by atoms with Crippen LogP contribution in [0, 0.1) is 0 Å². The molecular formula is C19H27NO6. The minimum atomic E-state index is -0.978. The van der Waals surface area contributed by atoms with E-state index in [9.17, 15) is 14.4 Å². The van der Waals surface area contributed by atoms with E-state index in [0.717, 1.165) is 5.56 Å². The summed E-state index contributed by atoms with van der Waals surface area (Å²) in [6.07, 6.45) is -0.717. The van der Waals surface area contributed by atoms with Crippen LogP contribution in [0.5, 0.6) is 0 Å². The van der Waals surface area contributed by atoms with Crippen molar-refractivity contribution in [1.82, 2.24) is 5.32 Å². The molecule has 7 nitrogen and oxygen atoms in total. The zero-order valence-electron chi connectivity index (χ0n) is 15.7. The maximum Gasteiger partial charge on any atom is 0.408 e. The summed E-state index contributed by atoms with van der Waals surface area (Å²) < 4.78 is 15.2. The molecule has 0 aliphatic heterocycles. The highest BCUT2D eigenvalue weighted by molar-refractivity contribution is 5.82. The second-order valence-corrected chi connectivity index (χ2v) is 6.64. The van der Waals surface area contributed by atoms with Crippen molar-refractivity contribution in [3.05, 3.63) is 35.9 Å². The Bertz CT molecular complexity index is 594. The Labute approximate surface area is 154 Å². The molecule has 1 N–H and O–H groups in total. The van der Waals surface area contributed by atoms with Crippen LogP contribution in [0.3, 0.4) is 0 Å². The lowest BCUT2D eigenvalue weighted by Gasteiger charge is -2.22. The molecule has 0 radical (unpaired) electrons. The van der Waals surface area contributed by atoms with Crippen molar-refractivity contribution in [2.75, 3.05) is 6.61 Å². The predicted molar refractivity (Wildman–Crippen MR) is 95.3 cm³/mol. The van der Waals surface area contributed by atoms with Crippen LogP contribution in [-0.2, 0) is 30.4 Å². The standard InChI is InChI=1S/C19H27NO6/c1-5-24-17(22)15(20-18(23)26-19(2,3)4)11-12-16(21)25-13-14-9-7-6-8-10-14/h6-10,15H,5,11-13H2,1-4H3,(H,20,23)/t15-/m1/s1. The third-order valence-corrected chi connectivity index (χ3v) is 3.14. The first kappa shape index (κ1) is 21.5. The highest BCUT2D eigenvalue weighted by Crippen LogP contribution is 2.09. The molecule has 0 aromatic heterocycles. The van der Waals surface area contributed by atoms with Gasteiger partial charge in [0.15, 0.2) is 0 Å². The maximum atomic E-state index is 12.0. The lowest BCUT2D eigenvalue weighted by Crippen LogP contribution is -2.44. The Kier molecular flexibility index (Phi) is 8.61. The normalized spacial score (nSPS) is 12.0. The zero-order chi connectivity index (χ0) is 19.6. The van der Waals surface area contributed by atoms with E-state index >= 15 is 0 Å². The fourth-order valence-electron chi connectivity index (χ4n) is 2.01. The predicted octanol–water partition coefficient (Wildman–Crippen LogP) is 2.97. The van der Waals surface area contributed by atoms with Gasteiger partial charge in [0.05, 0.1) is 6.61 Å². The third-order valence-electron chi connectivity index (χ3n) is 3.14. The number of carbonyl (C=O) groups is 3. The Balaban J connectivity index is 2.52. The van der Waals surface area contributed by atoms with E-state index in [2.05, 4.69) is 5.32 Å². The highest BCUT2D eigenvalue weighted by atomic mass is 16.6. The number of esters is 2. The van der Waals surface area contributed by atoms with Crippen molar-refractivity contribution in [2.24, 2.45) is 0 Å². The number of carbonyl (C=O) groups excluding carboxylic acids is 3. The van der Waals surface area contributed by atoms with Crippen LogP contribution in [0.15, 0.2) is 30.3 Å². The van der Waals surface area contributed by atoms with Gasteiger partial charge in [-0.25, -0.2) is 9.59 Å². The molecule has 26 heavy (non-hydrogen) atoms. The van der Waals surface area contributed by atoms with Crippen molar-refractivity contribution < 1.29 is 28.6 Å². The van der Waals surface area contributed by atoms with E-state index in [-0.39, 0.29) is 26.1 Å². The monoisotopic (exact) mass is 365 g/mol. The number of hydrogen-bond donors (Lipinski definition) is 1. The number of amides is 1. The lowest BCUT2D eigenvalue weighted by atomic mass is 10.1. The molecule has 1 aromatic rings. The summed E-state index contributed by atoms with van der Waals surface area (Å²) in [4.78, 5) is 35.8. The zero-order valence-corrected chi connectivity index (χ0v) is 15.7. The molecule has 1 rings (SSSR count). The van der Waals surface area contributed by atoms with E-state index in [4.69, 9.17) is 14.2 Å². The molecule has 144 valence electrons. The van der Waals surface area contributed by atoms with Gasteiger partial charge >= 0.3 is 18.0 Å². The summed E-state index contributed by atoms with van der Waals surface area (Å²) in [6.45, 7) is 7.14. The second-order valence-electron chi connectivity index (χ2n) is 6.64. The molecule has 0 saturated carbocycles. The first-order valence-corrected chi connectivity index (χ1v) is 8.57. The van der Waals surface area contributed by atoms with Crippen LogP contribution in [0.4, 0.5) is 4.79 Å². The van der Waals surface area contributed by atoms with Gasteiger partial charge in [-0.3, -0.25) is 4.79 Å². The van der Waals surface area contributed by atoms with Crippen LogP contribution in [0.2, 0.25) is 0 Å². The van der Waals surface area contributed by atoms with Gasteiger partial charge in [-0.15, -0.1) is 0 Å². The minimum absolute atomic E-state index is 0.0356. The van der Waals surface area contributed by atoms with Gasteiger partial charge < -0.3 is 19.5 Å². The second kappa shape index (κ2) is 10.4. The fraction of sp³-hybridized carbons (Fsp3) is 0.526. The number of nitrogens with one attached hydrogen (secondary N) is 1. The Morgan fingerprint density at radius 3 is 2.31 bits per heavy atom. The minimum Gasteiger partial charge on any atom is -0.464 e. The molecule has 0 bridgehead atoms. The number of rotatable bonds is 8. The third kappa shape index (κ3) is 9.05. The molecule has 0 unspecified atom stereocenters. The SMILES string of the molecule is CCOC(=O)[C@@H](CCC(=O)OCc1ccccc1)NC(=O)OC(C)(C)C. The highest BCUT2D eigenvalue weighted by Gasteiger charge is 2.26. The van der Waals surface area contributed by atoms with E-state index in [1.807, 2.05) is 30.3 Å². The average molecular weight is 365 g/mol. The van der Waals surface area contributed by atoms with Gasteiger partial charge in [0.2, 0.25) is 0 Å². The molecule has 1 amide bonds. The number of hydrogen-bond acceptors (Lipinski definition) is 6. The summed E-state index contributed by atoms with van der Waals surface area (Å²) in [7, 11) is 0. The summed E-state index contributed by atoms with van der Waals surface area (Å²) in [5, 5.41) is 2.44. The Morgan fingerprint density at radius 1 is 1.08 bits per heavy atom. The summed E-state index contributed by atoms with van der Waals surface area (Å²) >= 11 is 0. The quantitative estimate of drug-likeness (QED) is 0.563. The molecule has 0 aliphatic carbocycles. The van der Waals surface area contributed by atoms with Crippen molar-refractivity contribution in [3.63, 3.8) is 0 Å². The van der Waals surface area contributed by atoms with Gasteiger partial charge in [0, 0.05) is 6.42 Å². The molecule has 0 saturated heterocycles.